The number of aromatic nitrogens is 2. The summed E-state index contributed by atoms with van der Waals surface area (Å²) >= 11 is 0. The lowest BCUT2D eigenvalue weighted by Crippen LogP contribution is -2.26. The van der Waals surface area contributed by atoms with Crippen LogP contribution >= 0.6 is 0 Å². The van der Waals surface area contributed by atoms with E-state index in [4.69, 9.17) is 9.84 Å². The molecular formula is C9H10N2O4. The number of rotatable bonds is 2. The standard InChI is InChI=1S/C9H10N2O4/c12-8(13)3-7-10-6-1-2-15-4-5(6)9(14)11-7/h1-4H2,(H,12,13)(H,10,11,14). The second-order valence-corrected chi connectivity index (χ2v) is 3.31. The lowest BCUT2D eigenvalue weighted by Gasteiger charge is -2.14. The van der Waals surface area contributed by atoms with E-state index in [-0.39, 0.29) is 24.4 Å². The van der Waals surface area contributed by atoms with Crippen LogP contribution in [0.15, 0.2) is 4.79 Å². The third kappa shape index (κ3) is 2.04. The number of ether oxygens (including phenoxy) is 1. The Labute approximate surface area is 84.9 Å². The fourth-order valence-corrected chi connectivity index (χ4v) is 1.52. The molecule has 80 valence electrons. The van der Waals surface area contributed by atoms with Gasteiger partial charge in [-0.2, -0.15) is 0 Å². The van der Waals surface area contributed by atoms with Gasteiger partial charge in [0.05, 0.1) is 24.5 Å². The van der Waals surface area contributed by atoms with Crippen LogP contribution in [0.1, 0.15) is 17.1 Å². The van der Waals surface area contributed by atoms with Crippen molar-refractivity contribution in [3.8, 4) is 0 Å². The molecule has 0 saturated carbocycles. The third-order valence-corrected chi connectivity index (χ3v) is 2.20. The first-order valence-corrected chi connectivity index (χ1v) is 4.57. The van der Waals surface area contributed by atoms with Crippen LogP contribution in [-0.4, -0.2) is 27.7 Å². The molecule has 6 heteroatoms. The van der Waals surface area contributed by atoms with E-state index in [0.717, 1.165) is 0 Å². The molecular weight excluding hydrogens is 200 g/mol. The number of carboxylic acid groups (broad SMARTS) is 1. The number of aliphatic carboxylic acids is 1. The number of nitrogens with one attached hydrogen (secondary N) is 1. The molecule has 15 heavy (non-hydrogen) atoms. The van der Waals surface area contributed by atoms with Crippen molar-refractivity contribution in [3.05, 3.63) is 27.4 Å². The summed E-state index contributed by atoms with van der Waals surface area (Å²) in [5.74, 6) is -0.807. The zero-order valence-electron chi connectivity index (χ0n) is 7.95. The average Bonchev–Trinajstić information content (AvgIpc) is 2.16. The normalized spacial score (nSPS) is 14.7. The second-order valence-electron chi connectivity index (χ2n) is 3.31. The zero-order valence-corrected chi connectivity index (χ0v) is 7.95. The van der Waals surface area contributed by atoms with Gasteiger partial charge in [0.15, 0.2) is 0 Å². The minimum atomic E-state index is -1.01. The highest BCUT2D eigenvalue weighted by Crippen LogP contribution is 2.09. The minimum absolute atomic E-state index is 0.202. The van der Waals surface area contributed by atoms with Crippen molar-refractivity contribution < 1.29 is 14.6 Å². The summed E-state index contributed by atoms with van der Waals surface area (Å²) in [6, 6.07) is 0. The maximum absolute atomic E-state index is 11.5. The Hall–Kier alpha value is -1.69. The number of carboxylic acids is 1. The van der Waals surface area contributed by atoms with Gasteiger partial charge < -0.3 is 14.8 Å². The van der Waals surface area contributed by atoms with Crippen molar-refractivity contribution in [1.82, 2.24) is 9.97 Å². The number of nitrogens with zero attached hydrogens (tertiary/aromatic N) is 1. The van der Waals surface area contributed by atoms with Crippen molar-refractivity contribution >= 4 is 5.97 Å². The predicted octanol–water partition coefficient (Wildman–Crippen LogP) is -0.530. The lowest BCUT2D eigenvalue weighted by atomic mass is 10.1. The van der Waals surface area contributed by atoms with Crippen LogP contribution in [0.3, 0.4) is 0 Å². The van der Waals surface area contributed by atoms with E-state index >= 15 is 0 Å². The highest BCUT2D eigenvalue weighted by molar-refractivity contribution is 5.68. The smallest absolute Gasteiger partial charge is 0.311 e. The summed E-state index contributed by atoms with van der Waals surface area (Å²) in [7, 11) is 0. The number of hydrogen-bond donors (Lipinski definition) is 2. The molecule has 6 nitrogen and oxygen atoms in total. The Balaban J connectivity index is 2.40. The van der Waals surface area contributed by atoms with E-state index in [0.29, 0.717) is 24.3 Å². The van der Waals surface area contributed by atoms with Gasteiger partial charge in [-0.15, -0.1) is 0 Å². The zero-order chi connectivity index (χ0) is 10.8. The van der Waals surface area contributed by atoms with Gasteiger partial charge in [-0.3, -0.25) is 9.59 Å². The van der Waals surface area contributed by atoms with Crippen LogP contribution in [0.4, 0.5) is 0 Å². The second kappa shape index (κ2) is 3.82. The summed E-state index contributed by atoms with van der Waals surface area (Å²) in [4.78, 5) is 28.5. The molecule has 1 aliphatic rings. The molecule has 2 heterocycles. The third-order valence-electron chi connectivity index (χ3n) is 2.20. The summed E-state index contributed by atoms with van der Waals surface area (Å²) in [6.07, 6.45) is 0.301. The lowest BCUT2D eigenvalue weighted by molar-refractivity contribution is -0.136. The fourth-order valence-electron chi connectivity index (χ4n) is 1.52. The van der Waals surface area contributed by atoms with Crippen molar-refractivity contribution in [2.75, 3.05) is 6.61 Å². The molecule has 0 atom stereocenters. The van der Waals surface area contributed by atoms with Crippen molar-refractivity contribution in [2.24, 2.45) is 0 Å². The van der Waals surface area contributed by atoms with Gasteiger partial charge in [0.1, 0.15) is 12.2 Å². The molecule has 0 fully saturated rings. The van der Waals surface area contributed by atoms with Crippen LogP contribution in [0.5, 0.6) is 0 Å². The van der Waals surface area contributed by atoms with Crippen molar-refractivity contribution in [1.29, 1.82) is 0 Å². The molecule has 0 radical (unpaired) electrons. The number of fused-ring (bicyclic) bond motifs is 1. The summed E-state index contributed by atoms with van der Waals surface area (Å²) in [5, 5.41) is 8.58. The molecule has 0 bridgehead atoms. The van der Waals surface area contributed by atoms with E-state index in [1.807, 2.05) is 0 Å². The summed E-state index contributed by atoms with van der Waals surface area (Å²) in [6.45, 7) is 0.779. The van der Waals surface area contributed by atoms with Crippen LogP contribution in [0, 0.1) is 0 Å². The first-order valence-electron chi connectivity index (χ1n) is 4.57. The van der Waals surface area contributed by atoms with E-state index in [2.05, 4.69) is 9.97 Å². The molecule has 1 aromatic heterocycles. The van der Waals surface area contributed by atoms with E-state index in [9.17, 15) is 9.59 Å². The molecule has 0 aromatic carbocycles. The largest absolute Gasteiger partial charge is 0.481 e. The summed E-state index contributed by atoms with van der Waals surface area (Å²) < 4.78 is 5.12. The average molecular weight is 210 g/mol. The number of H-pyrrole nitrogens is 1. The highest BCUT2D eigenvalue weighted by Gasteiger charge is 2.16. The quantitative estimate of drug-likeness (QED) is 0.684. The first kappa shape index (κ1) is 9.85. The Bertz CT molecular complexity index is 452. The molecule has 0 aliphatic carbocycles. The van der Waals surface area contributed by atoms with Crippen molar-refractivity contribution in [3.63, 3.8) is 0 Å². The van der Waals surface area contributed by atoms with Crippen LogP contribution < -0.4 is 5.56 Å². The van der Waals surface area contributed by atoms with Gasteiger partial charge in [-0.05, 0) is 0 Å². The van der Waals surface area contributed by atoms with Crippen LogP contribution in [0.2, 0.25) is 0 Å². The first-order chi connectivity index (χ1) is 7.16. The maximum Gasteiger partial charge on any atom is 0.311 e. The van der Waals surface area contributed by atoms with Crippen molar-refractivity contribution in [2.45, 2.75) is 19.4 Å². The van der Waals surface area contributed by atoms with E-state index < -0.39 is 5.97 Å². The maximum atomic E-state index is 11.5. The van der Waals surface area contributed by atoms with Crippen LogP contribution in [0.25, 0.3) is 0 Å². The molecule has 1 aromatic rings. The molecule has 0 spiro atoms. The Kier molecular flexibility index (Phi) is 2.51. The summed E-state index contributed by atoms with van der Waals surface area (Å²) in [5.41, 5.74) is 0.868. The highest BCUT2D eigenvalue weighted by atomic mass is 16.5. The Morgan fingerprint density at radius 2 is 2.40 bits per heavy atom. The predicted molar refractivity (Wildman–Crippen MR) is 49.6 cm³/mol. The Morgan fingerprint density at radius 3 is 3.13 bits per heavy atom. The van der Waals surface area contributed by atoms with Gasteiger partial charge in [-0.25, -0.2) is 4.98 Å². The SMILES string of the molecule is O=C(O)Cc1nc2c(c(=O)[nH]1)COCC2. The topological polar surface area (TPSA) is 92.3 Å². The fraction of sp³-hybridized carbons (Fsp3) is 0.444. The molecule has 0 amide bonds. The molecule has 1 aliphatic heterocycles. The van der Waals surface area contributed by atoms with Gasteiger partial charge >= 0.3 is 5.97 Å². The van der Waals surface area contributed by atoms with Gasteiger partial charge in [0.25, 0.3) is 5.56 Å². The number of carbonyl (C=O) groups is 1. The van der Waals surface area contributed by atoms with Gasteiger partial charge in [-0.1, -0.05) is 0 Å². The van der Waals surface area contributed by atoms with Gasteiger partial charge in [0.2, 0.25) is 0 Å². The Morgan fingerprint density at radius 1 is 1.60 bits per heavy atom. The monoisotopic (exact) mass is 210 g/mol. The number of aromatic amines is 1. The number of hydrogen-bond acceptors (Lipinski definition) is 4. The van der Waals surface area contributed by atoms with E-state index in [1.54, 1.807) is 0 Å². The molecule has 2 N–H and O–H groups in total. The molecule has 0 unspecified atom stereocenters. The minimum Gasteiger partial charge on any atom is -0.481 e. The van der Waals surface area contributed by atoms with Gasteiger partial charge in [0, 0.05) is 6.42 Å². The van der Waals surface area contributed by atoms with E-state index in [1.165, 1.54) is 0 Å². The van der Waals surface area contributed by atoms with Crippen LogP contribution in [-0.2, 0) is 29.0 Å². The molecule has 2 rings (SSSR count). The molecule has 0 saturated heterocycles.